The van der Waals surface area contributed by atoms with Gasteiger partial charge in [0.05, 0.1) is 0 Å². The molecular weight excluding hydrogens is 104 g/mol. The second kappa shape index (κ2) is 283. The van der Waals surface area contributed by atoms with Crippen molar-refractivity contribution in [2.45, 2.75) is 0 Å². The summed E-state index contributed by atoms with van der Waals surface area (Å²) < 4.78 is 8.00. The quantitative estimate of drug-likeness (QED) is 0.257. The molecule has 28 valence electrons. The average Bonchev–Trinajstić information content (AvgIpc) is 1.50. The fourth-order valence-corrected chi connectivity index (χ4v) is 0. The van der Waals surface area contributed by atoms with Crippen LogP contribution in [0.15, 0.2) is 0 Å². The second-order valence-corrected chi connectivity index (χ2v) is 0. The molecule has 0 aromatic rings. The van der Waals surface area contributed by atoms with Crippen LogP contribution in [0, 0.1) is 0 Å². The Morgan fingerprint density at radius 2 is 1.25 bits per heavy atom. The first-order valence-electron chi connectivity index (χ1n) is 0.344. The van der Waals surface area contributed by atoms with E-state index in [-0.39, 0.29) is 0 Å². The van der Waals surface area contributed by atoms with E-state index in [0.717, 1.165) is 0 Å². The molecule has 0 rings (SSSR count). The van der Waals surface area contributed by atoms with Crippen LogP contribution in [0.25, 0.3) is 0 Å². The third-order valence-corrected chi connectivity index (χ3v) is 0. The molecule has 0 atom stereocenters. The fraction of sp³-hybridized carbons (Fsp3) is 0. The maximum atomic E-state index is 8.00. The van der Waals surface area contributed by atoms with Crippen LogP contribution in [-0.2, 0) is 19.8 Å². The maximum absolute atomic E-state index is 8.00. The van der Waals surface area contributed by atoms with Crippen LogP contribution in [0.1, 0.15) is 0 Å². The summed E-state index contributed by atoms with van der Waals surface area (Å²) in [5.41, 5.74) is 0. The topological polar surface area (TPSA) is 57.5 Å². The summed E-state index contributed by atoms with van der Waals surface area (Å²) in [5.74, 6) is 0. The van der Waals surface area contributed by atoms with Crippen molar-refractivity contribution in [3.05, 3.63) is 0 Å². The summed E-state index contributed by atoms with van der Waals surface area (Å²) in [6.45, 7) is 0. The molecule has 0 aliphatic carbocycles. The Bertz CT molecular complexity index is 3.25. The van der Waals surface area contributed by atoms with Gasteiger partial charge in [0.15, 0.2) is 0 Å². The van der Waals surface area contributed by atoms with Gasteiger partial charge in [0.2, 0.25) is 0 Å². The van der Waals surface area contributed by atoms with E-state index in [9.17, 15) is 0 Å². The van der Waals surface area contributed by atoms with E-state index in [4.69, 9.17) is 14.3 Å². The Labute approximate surface area is 31.2 Å². The van der Waals surface area contributed by atoms with Crippen molar-refractivity contribution in [3.8, 4) is 0 Å². The van der Waals surface area contributed by atoms with E-state index >= 15 is 0 Å². The summed E-state index contributed by atoms with van der Waals surface area (Å²) in [7, 11) is 0. The molecule has 0 heterocycles. The van der Waals surface area contributed by atoms with Crippen LogP contribution in [0.3, 0.4) is 0 Å². The van der Waals surface area contributed by atoms with Crippen LogP contribution < -0.4 is 0 Å². The third kappa shape index (κ3) is 60.0. The number of rotatable bonds is 0. The molecule has 0 spiro atoms. The summed E-state index contributed by atoms with van der Waals surface area (Å²) in [5, 5.41) is 12.0. The van der Waals surface area contributed by atoms with Crippen LogP contribution in [0.2, 0.25) is 0 Å². The second-order valence-electron chi connectivity index (χ2n) is 0. The summed E-state index contributed by atoms with van der Waals surface area (Å²) in [6, 6.07) is 0. The molecule has 0 aromatic heterocycles. The predicted octanol–water partition coefficient (Wildman–Crippen LogP) is -0.104. The van der Waals surface area contributed by atoms with Crippen LogP contribution in [0.5, 0.6) is 0 Å². The van der Waals surface area contributed by atoms with Gasteiger partial charge in [0, 0.05) is 0 Å². The van der Waals surface area contributed by atoms with Gasteiger partial charge in [-0.25, -0.2) is 0 Å². The minimum atomic E-state index is 2.00. The van der Waals surface area contributed by atoms with E-state index in [1.165, 1.54) is 0 Å². The van der Waals surface area contributed by atoms with Crippen molar-refractivity contribution in [1.29, 1.82) is 0 Å². The van der Waals surface area contributed by atoms with Crippen LogP contribution in [0.4, 0.5) is 0 Å². The molecule has 0 bridgehead atoms. The zero-order chi connectivity index (χ0) is 4.00. The first kappa shape index (κ1) is 8.87. The Balaban J connectivity index is 0. The predicted molar refractivity (Wildman–Crippen MR) is 5.94 cm³/mol. The molecule has 0 aromatic carbocycles. The van der Waals surface area contributed by atoms with E-state index in [2.05, 4.69) is 0 Å². The van der Waals surface area contributed by atoms with Crippen molar-refractivity contribution in [1.82, 2.24) is 0 Å². The molecule has 0 fully saturated rings. The molecule has 2 N–H and O–H groups in total. The molecule has 4 heteroatoms. The summed E-state index contributed by atoms with van der Waals surface area (Å²) >= 11 is 2.00. The zero-order valence-electron chi connectivity index (χ0n) is 1.66. The standard InChI is InChI=1S/Fe.H2O2.O/c;1-2;/h;1-2H;. The SMILES string of the molecule is OO.[O]=[Fe]. The fourth-order valence-electron chi connectivity index (χ4n) is 0. The average molecular weight is 106 g/mol. The molecule has 0 radical (unpaired) electrons. The molecule has 0 saturated heterocycles. The van der Waals surface area contributed by atoms with Gasteiger partial charge >= 0.3 is 19.8 Å². The first-order chi connectivity index (χ1) is 2.00. The van der Waals surface area contributed by atoms with Crippen molar-refractivity contribution in [2.24, 2.45) is 0 Å². The van der Waals surface area contributed by atoms with Gasteiger partial charge in [-0.2, -0.15) is 0 Å². The first-order valence-corrected chi connectivity index (χ1v) is 0.795. The van der Waals surface area contributed by atoms with E-state index in [0.29, 0.717) is 0 Å². The van der Waals surface area contributed by atoms with Gasteiger partial charge in [-0.05, 0) is 0 Å². The Kier molecular flexibility index (Phi) is 628. The zero-order valence-corrected chi connectivity index (χ0v) is 2.76. The Hall–Kier alpha value is 0.239. The normalized spacial score (nSPS) is 2.75. The van der Waals surface area contributed by atoms with Gasteiger partial charge in [0.25, 0.3) is 0 Å². The molecule has 0 unspecified atom stereocenters. The van der Waals surface area contributed by atoms with Gasteiger partial charge < -0.3 is 0 Å². The van der Waals surface area contributed by atoms with Gasteiger partial charge in [-0.15, -0.1) is 0 Å². The number of hydrogen-bond donors (Lipinski definition) is 2. The molecule has 0 saturated carbocycles. The van der Waals surface area contributed by atoms with Crippen LogP contribution in [-0.4, -0.2) is 10.5 Å². The van der Waals surface area contributed by atoms with E-state index in [1.54, 1.807) is 0 Å². The van der Waals surface area contributed by atoms with Crippen molar-refractivity contribution in [3.63, 3.8) is 0 Å². The minimum absolute atomic E-state index is 2.00. The molecule has 0 aliphatic rings. The van der Waals surface area contributed by atoms with Gasteiger partial charge in [0.1, 0.15) is 0 Å². The van der Waals surface area contributed by atoms with Crippen LogP contribution >= 0.6 is 0 Å². The Morgan fingerprint density at radius 1 is 1.25 bits per heavy atom. The summed E-state index contributed by atoms with van der Waals surface area (Å²) in [6.07, 6.45) is 0. The third-order valence-electron chi connectivity index (χ3n) is 0. The summed E-state index contributed by atoms with van der Waals surface area (Å²) in [4.78, 5) is 0. The molecular formula is H2FeO3. The van der Waals surface area contributed by atoms with Crippen molar-refractivity contribution < 1.29 is 30.3 Å². The Morgan fingerprint density at radius 3 is 1.25 bits per heavy atom. The molecule has 0 aliphatic heterocycles. The van der Waals surface area contributed by atoms with Crippen molar-refractivity contribution in [2.75, 3.05) is 0 Å². The van der Waals surface area contributed by atoms with Gasteiger partial charge in [-0.1, -0.05) is 0 Å². The van der Waals surface area contributed by atoms with E-state index in [1.807, 2.05) is 15.9 Å². The number of hydrogen-bond acceptors (Lipinski definition) is 3. The molecule has 3 nitrogen and oxygen atoms in total. The monoisotopic (exact) mass is 106 g/mol. The molecule has 4 heavy (non-hydrogen) atoms. The van der Waals surface area contributed by atoms with Crippen molar-refractivity contribution >= 4 is 0 Å². The molecule has 0 amide bonds. The van der Waals surface area contributed by atoms with E-state index < -0.39 is 0 Å². The van der Waals surface area contributed by atoms with Gasteiger partial charge in [-0.3, -0.25) is 10.5 Å².